The fraction of sp³-hybridized carbons (Fsp3) is 0.529. The number of hydrogen-bond acceptors (Lipinski definition) is 4. The molecule has 0 spiro atoms. The molecule has 0 aliphatic carbocycles. The molecule has 124 valence electrons. The summed E-state index contributed by atoms with van der Waals surface area (Å²) in [6.45, 7) is 4.51. The van der Waals surface area contributed by atoms with Crippen molar-refractivity contribution in [3.63, 3.8) is 0 Å². The van der Waals surface area contributed by atoms with Gasteiger partial charge in [-0.3, -0.25) is 9.69 Å². The summed E-state index contributed by atoms with van der Waals surface area (Å²) in [7, 11) is 0. The Balaban J connectivity index is 1.41. The van der Waals surface area contributed by atoms with E-state index in [1.54, 1.807) is 17.5 Å². The highest BCUT2D eigenvalue weighted by Gasteiger charge is 2.19. The number of amides is 1. The van der Waals surface area contributed by atoms with Gasteiger partial charge in [-0.05, 0) is 30.7 Å². The van der Waals surface area contributed by atoms with Gasteiger partial charge in [0.05, 0.1) is 6.54 Å². The number of H-pyrrole nitrogens is 1. The minimum atomic E-state index is 0.307. The summed E-state index contributed by atoms with van der Waals surface area (Å²) in [5.41, 5.74) is 0. The molecule has 0 aromatic carbocycles. The number of thiophene rings is 1. The van der Waals surface area contributed by atoms with Gasteiger partial charge in [0.1, 0.15) is 5.82 Å². The zero-order valence-electron chi connectivity index (χ0n) is 13.4. The SMILES string of the molecule is O=C(CCCc1cccs1)N1CCCN(Cc2ncc[nH]2)CC1. The van der Waals surface area contributed by atoms with Crippen molar-refractivity contribution in [2.75, 3.05) is 26.2 Å². The normalized spacial score (nSPS) is 16.4. The molecule has 0 radical (unpaired) electrons. The molecule has 0 saturated carbocycles. The molecule has 1 fully saturated rings. The molecular weight excluding hydrogens is 308 g/mol. The molecule has 1 saturated heterocycles. The second-order valence-electron chi connectivity index (χ2n) is 5.98. The number of imidazole rings is 1. The van der Waals surface area contributed by atoms with Crippen molar-refractivity contribution in [1.29, 1.82) is 0 Å². The molecule has 3 rings (SSSR count). The summed E-state index contributed by atoms with van der Waals surface area (Å²) < 4.78 is 0. The van der Waals surface area contributed by atoms with Crippen molar-refractivity contribution in [2.45, 2.75) is 32.2 Å². The maximum atomic E-state index is 12.4. The van der Waals surface area contributed by atoms with Gasteiger partial charge in [0.2, 0.25) is 5.91 Å². The predicted octanol–water partition coefficient (Wildman–Crippen LogP) is 2.53. The molecule has 6 heteroatoms. The van der Waals surface area contributed by atoms with E-state index in [4.69, 9.17) is 0 Å². The molecule has 1 aliphatic heterocycles. The number of nitrogens with one attached hydrogen (secondary N) is 1. The van der Waals surface area contributed by atoms with Gasteiger partial charge in [-0.15, -0.1) is 11.3 Å². The average Bonchev–Trinajstić information content (AvgIpc) is 3.19. The summed E-state index contributed by atoms with van der Waals surface area (Å²) in [5, 5.41) is 2.10. The van der Waals surface area contributed by atoms with Crippen LogP contribution in [0.15, 0.2) is 29.9 Å². The Morgan fingerprint density at radius 2 is 2.26 bits per heavy atom. The molecule has 0 unspecified atom stereocenters. The van der Waals surface area contributed by atoms with Crippen LogP contribution in [0.4, 0.5) is 0 Å². The van der Waals surface area contributed by atoms with Crippen LogP contribution in [0.2, 0.25) is 0 Å². The zero-order chi connectivity index (χ0) is 15.9. The van der Waals surface area contributed by atoms with Gasteiger partial charge in [-0.25, -0.2) is 4.98 Å². The standard InChI is InChI=1S/C17H24N4OS/c22-17(6-1-4-15-5-2-13-23-15)21-10-3-9-20(11-12-21)14-16-18-7-8-19-16/h2,5,7-8,13H,1,3-4,6,9-12,14H2,(H,18,19). The summed E-state index contributed by atoms with van der Waals surface area (Å²) in [6, 6.07) is 4.22. The largest absolute Gasteiger partial charge is 0.348 e. The lowest BCUT2D eigenvalue weighted by Crippen LogP contribution is -2.35. The topological polar surface area (TPSA) is 52.2 Å². The molecule has 5 nitrogen and oxygen atoms in total. The predicted molar refractivity (Wildman–Crippen MR) is 92.3 cm³/mol. The van der Waals surface area contributed by atoms with Gasteiger partial charge >= 0.3 is 0 Å². The van der Waals surface area contributed by atoms with E-state index in [9.17, 15) is 4.79 Å². The first kappa shape index (κ1) is 16.2. The van der Waals surface area contributed by atoms with Crippen molar-refractivity contribution < 1.29 is 4.79 Å². The number of carbonyl (C=O) groups excluding carboxylic acids is 1. The summed E-state index contributed by atoms with van der Waals surface area (Å²) >= 11 is 1.77. The van der Waals surface area contributed by atoms with Crippen LogP contribution in [0.5, 0.6) is 0 Å². The smallest absolute Gasteiger partial charge is 0.222 e. The number of hydrogen-bond donors (Lipinski definition) is 1. The number of nitrogens with zero attached hydrogens (tertiary/aromatic N) is 3. The third-order valence-electron chi connectivity index (χ3n) is 4.26. The van der Waals surface area contributed by atoms with Crippen LogP contribution >= 0.6 is 11.3 Å². The Kier molecular flexibility index (Phi) is 5.82. The van der Waals surface area contributed by atoms with Crippen LogP contribution in [0, 0.1) is 0 Å². The molecule has 1 amide bonds. The van der Waals surface area contributed by atoms with Crippen molar-refractivity contribution >= 4 is 17.2 Å². The van der Waals surface area contributed by atoms with Gasteiger partial charge in [0, 0.05) is 49.9 Å². The lowest BCUT2D eigenvalue weighted by molar-refractivity contribution is -0.131. The van der Waals surface area contributed by atoms with Gasteiger partial charge < -0.3 is 9.88 Å². The van der Waals surface area contributed by atoms with Crippen LogP contribution in [-0.2, 0) is 17.8 Å². The van der Waals surface area contributed by atoms with Gasteiger partial charge in [-0.1, -0.05) is 6.07 Å². The van der Waals surface area contributed by atoms with Gasteiger partial charge in [-0.2, -0.15) is 0 Å². The van der Waals surface area contributed by atoms with E-state index in [0.29, 0.717) is 12.3 Å². The molecule has 2 aromatic heterocycles. The Morgan fingerprint density at radius 3 is 3.04 bits per heavy atom. The Bertz CT molecular complexity index is 582. The van der Waals surface area contributed by atoms with Crippen molar-refractivity contribution in [2.24, 2.45) is 0 Å². The molecule has 0 atom stereocenters. The second-order valence-corrected chi connectivity index (χ2v) is 7.01. The summed E-state index contributed by atoms with van der Waals surface area (Å²) in [4.78, 5) is 25.6. The van der Waals surface area contributed by atoms with E-state index in [-0.39, 0.29) is 0 Å². The molecule has 2 aromatic rings. The Labute approximate surface area is 141 Å². The van der Waals surface area contributed by atoms with Crippen LogP contribution in [-0.4, -0.2) is 51.9 Å². The number of aromatic nitrogens is 2. The minimum absolute atomic E-state index is 0.307. The van der Waals surface area contributed by atoms with Crippen LogP contribution in [0.25, 0.3) is 0 Å². The molecule has 1 N–H and O–H groups in total. The highest BCUT2D eigenvalue weighted by Crippen LogP contribution is 2.13. The highest BCUT2D eigenvalue weighted by atomic mass is 32.1. The van der Waals surface area contributed by atoms with Gasteiger partial charge in [0.25, 0.3) is 0 Å². The minimum Gasteiger partial charge on any atom is -0.348 e. The van der Waals surface area contributed by atoms with Crippen molar-refractivity contribution in [3.05, 3.63) is 40.6 Å². The third kappa shape index (κ3) is 4.91. The molecule has 23 heavy (non-hydrogen) atoms. The maximum Gasteiger partial charge on any atom is 0.222 e. The first-order chi connectivity index (χ1) is 11.3. The first-order valence-corrected chi connectivity index (χ1v) is 9.20. The lowest BCUT2D eigenvalue weighted by Gasteiger charge is -2.21. The van der Waals surface area contributed by atoms with E-state index >= 15 is 0 Å². The number of aromatic amines is 1. The summed E-state index contributed by atoms with van der Waals surface area (Å²) in [5.74, 6) is 1.31. The quantitative estimate of drug-likeness (QED) is 0.884. The van der Waals surface area contributed by atoms with Crippen LogP contribution in [0.3, 0.4) is 0 Å². The van der Waals surface area contributed by atoms with E-state index in [1.165, 1.54) is 4.88 Å². The number of rotatable bonds is 6. The van der Waals surface area contributed by atoms with E-state index in [0.717, 1.165) is 57.8 Å². The number of aryl methyl sites for hydroxylation is 1. The highest BCUT2D eigenvalue weighted by molar-refractivity contribution is 7.09. The third-order valence-corrected chi connectivity index (χ3v) is 5.20. The summed E-state index contributed by atoms with van der Waals surface area (Å²) in [6.07, 6.45) is 7.31. The van der Waals surface area contributed by atoms with E-state index in [1.807, 2.05) is 11.1 Å². The van der Waals surface area contributed by atoms with Crippen molar-refractivity contribution in [3.8, 4) is 0 Å². The van der Waals surface area contributed by atoms with Crippen molar-refractivity contribution in [1.82, 2.24) is 19.8 Å². The van der Waals surface area contributed by atoms with E-state index in [2.05, 4.69) is 32.4 Å². The van der Waals surface area contributed by atoms with Crippen LogP contribution in [0.1, 0.15) is 30.0 Å². The zero-order valence-corrected chi connectivity index (χ0v) is 14.2. The average molecular weight is 332 g/mol. The molecule has 1 aliphatic rings. The number of carbonyl (C=O) groups is 1. The molecule has 3 heterocycles. The molecule has 0 bridgehead atoms. The fourth-order valence-electron chi connectivity index (χ4n) is 3.00. The van der Waals surface area contributed by atoms with E-state index < -0.39 is 0 Å². The lowest BCUT2D eigenvalue weighted by atomic mass is 10.2. The Morgan fingerprint density at radius 1 is 1.30 bits per heavy atom. The first-order valence-electron chi connectivity index (χ1n) is 8.32. The fourth-order valence-corrected chi connectivity index (χ4v) is 3.75. The Hall–Kier alpha value is -1.66. The maximum absolute atomic E-state index is 12.4. The molecular formula is C17H24N4OS. The monoisotopic (exact) mass is 332 g/mol. The second kappa shape index (κ2) is 8.26. The van der Waals surface area contributed by atoms with Crippen LogP contribution < -0.4 is 0 Å². The van der Waals surface area contributed by atoms with Gasteiger partial charge in [0.15, 0.2) is 0 Å².